The van der Waals surface area contributed by atoms with Crippen LogP contribution in [0.1, 0.15) is 10.8 Å². The van der Waals surface area contributed by atoms with Gasteiger partial charge in [-0.15, -0.1) is 16.8 Å². The first kappa shape index (κ1) is 20.7. The quantitative estimate of drug-likeness (QED) is 0.228. The predicted molar refractivity (Wildman–Crippen MR) is 120 cm³/mol. The number of carbonyl (C=O) groups is 1. The van der Waals surface area contributed by atoms with Gasteiger partial charge in [0, 0.05) is 30.3 Å². The lowest BCUT2D eigenvalue weighted by molar-refractivity contribution is -0.384. The normalized spacial score (nSPS) is 16.4. The number of rotatable bonds is 6. The van der Waals surface area contributed by atoms with Crippen molar-refractivity contribution in [2.24, 2.45) is 4.99 Å². The minimum atomic E-state index is -0.456. The fourth-order valence-corrected chi connectivity index (χ4v) is 4.34. The monoisotopic (exact) mass is 453 g/mol. The molecule has 3 heterocycles. The summed E-state index contributed by atoms with van der Waals surface area (Å²) in [7, 11) is 0. The maximum atomic E-state index is 12.9. The van der Waals surface area contributed by atoms with Gasteiger partial charge in [-0.2, -0.15) is 4.99 Å². The van der Waals surface area contributed by atoms with E-state index >= 15 is 0 Å². The van der Waals surface area contributed by atoms with Crippen LogP contribution in [0.4, 0.5) is 10.8 Å². The highest BCUT2D eigenvalue weighted by molar-refractivity contribution is 8.18. The molecule has 0 N–H and O–H groups in total. The first-order valence-electron chi connectivity index (χ1n) is 9.00. The predicted octanol–water partition coefficient (Wildman–Crippen LogP) is 4.80. The molecule has 1 aliphatic rings. The van der Waals surface area contributed by atoms with E-state index in [1.54, 1.807) is 36.4 Å². The van der Waals surface area contributed by atoms with Crippen LogP contribution >= 0.6 is 23.1 Å². The van der Waals surface area contributed by atoms with Crippen LogP contribution < -0.4 is 0 Å². The van der Waals surface area contributed by atoms with Gasteiger partial charge in [0.15, 0.2) is 5.17 Å². The molecule has 1 saturated heterocycles. The highest BCUT2D eigenvalue weighted by Gasteiger charge is 2.33. The summed E-state index contributed by atoms with van der Waals surface area (Å²) < 4.78 is 5.82. The molecule has 2 aromatic heterocycles. The van der Waals surface area contributed by atoms with Crippen LogP contribution in [0.5, 0.6) is 0 Å². The SMILES string of the molecule is C=CCN1C(=O)/C(=C\c2ccc(-c3ccc([N+](=O)[O-])cc3)o2)S/C1=N/c1nnc(C)s1. The lowest BCUT2D eigenvalue weighted by atomic mass is 10.1. The smallest absolute Gasteiger partial charge is 0.269 e. The van der Waals surface area contributed by atoms with Crippen LogP contribution in [-0.2, 0) is 4.79 Å². The van der Waals surface area contributed by atoms with E-state index in [0.717, 1.165) is 5.01 Å². The van der Waals surface area contributed by atoms with Crippen molar-refractivity contribution in [3.05, 3.63) is 74.8 Å². The Hall–Kier alpha value is -3.57. The van der Waals surface area contributed by atoms with Gasteiger partial charge in [-0.1, -0.05) is 17.4 Å². The Bertz CT molecular complexity index is 1230. The molecule has 0 saturated carbocycles. The highest BCUT2D eigenvalue weighted by atomic mass is 32.2. The molecule has 0 radical (unpaired) electrons. The number of carbonyl (C=O) groups excluding carboxylic acids is 1. The molecule has 1 fully saturated rings. The molecule has 4 rings (SSSR count). The van der Waals surface area contributed by atoms with Crippen LogP contribution in [0.2, 0.25) is 0 Å². The number of furan rings is 1. The van der Waals surface area contributed by atoms with Gasteiger partial charge in [0.1, 0.15) is 16.5 Å². The van der Waals surface area contributed by atoms with E-state index in [0.29, 0.717) is 38.8 Å². The second-order valence-electron chi connectivity index (χ2n) is 6.32. The highest BCUT2D eigenvalue weighted by Crippen LogP contribution is 2.35. The summed E-state index contributed by atoms with van der Waals surface area (Å²) in [6, 6.07) is 9.54. The van der Waals surface area contributed by atoms with Gasteiger partial charge in [0.2, 0.25) is 5.13 Å². The number of aryl methyl sites for hydroxylation is 1. The third kappa shape index (κ3) is 4.47. The minimum absolute atomic E-state index is 0.00495. The van der Waals surface area contributed by atoms with Crippen LogP contribution in [0.3, 0.4) is 0 Å². The van der Waals surface area contributed by atoms with Crippen LogP contribution in [0, 0.1) is 17.0 Å². The summed E-state index contributed by atoms with van der Waals surface area (Å²) in [4.78, 5) is 29.6. The summed E-state index contributed by atoms with van der Waals surface area (Å²) in [6.07, 6.45) is 3.27. The minimum Gasteiger partial charge on any atom is -0.457 e. The number of amidine groups is 1. The van der Waals surface area contributed by atoms with Gasteiger partial charge < -0.3 is 4.42 Å². The molecule has 0 unspecified atom stereocenters. The molecule has 0 aliphatic carbocycles. The third-order valence-electron chi connectivity index (χ3n) is 4.17. The number of hydrogen-bond donors (Lipinski definition) is 0. The van der Waals surface area contributed by atoms with Crippen molar-refractivity contribution in [1.29, 1.82) is 0 Å². The summed E-state index contributed by atoms with van der Waals surface area (Å²) in [5.41, 5.74) is 0.702. The molecule has 0 atom stereocenters. The largest absolute Gasteiger partial charge is 0.457 e. The number of amides is 1. The molecule has 3 aromatic rings. The van der Waals surface area contributed by atoms with Crippen LogP contribution in [-0.4, -0.2) is 37.6 Å². The number of thioether (sulfide) groups is 1. The van der Waals surface area contributed by atoms with Gasteiger partial charge in [-0.3, -0.25) is 19.8 Å². The molecule has 11 heteroatoms. The Labute approximate surface area is 185 Å². The van der Waals surface area contributed by atoms with Crippen molar-refractivity contribution in [2.45, 2.75) is 6.92 Å². The topological polar surface area (TPSA) is 115 Å². The average Bonchev–Trinajstić information content (AvgIpc) is 3.45. The molecular weight excluding hydrogens is 438 g/mol. The molecule has 156 valence electrons. The molecule has 31 heavy (non-hydrogen) atoms. The van der Waals surface area contributed by atoms with E-state index in [-0.39, 0.29) is 11.6 Å². The van der Waals surface area contributed by atoms with Gasteiger partial charge in [0.25, 0.3) is 11.6 Å². The number of benzene rings is 1. The van der Waals surface area contributed by atoms with Crippen molar-refractivity contribution < 1.29 is 14.1 Å². The summed E-state index contributed by atoms with van der Waals surface area (Å²) in [5, 5.41) is 20.5. The second-order valence-corrected chi connectivity index (χ2v) is 8.49. The number of nitrogens with zero attached hydrogens (tertiary/aromatic N) is 5. The molecule has 1 amide bonds. The molecule has 9 nitrogen and oxygen atoms in total. The molecule has 1 aliphatic heterocycles. The van der Waals surface area contributed by atoms with E-state index < -0.39 is 4.92 Å². The van der Waals surface area contributed by atoms with Crippen molar-refractivity contribution in [3.63, 3.8) is 0 Å². The van der Waals surface area contributed by atoms with Gasteiger partial charge in [-0.25, -0.2) is 0 Å². The van der Waals surface area contributed by atoms with Gasteiger partial charge >= 0.3 is 0 Å². The maximum absolute atomic E-state index is 12.9. The lowest BCUT2D eigenvalue weighted by Crippen LogP contribution is -2.29. The van der Waals surface area contributed by atoms with E-state index in [2.05, 4.69) is 21.8 Å². The van der Waals surface area contributed by atoms with Crippen molar-refractivity contribution in [2.75, 3.05) is 6.54 Å². The lowest BCUT2D eigenvalue weighted by Gasteiger charge is -2.11. The van der Waals surface area contributed by atoms with Gasteiger partial charge in [-0.05, 0) is 43.0 Å². The maximum Gasteiger partial charge on any atom is 0.269 e. The summed E-state index contributed by atoms with van der Waals surface area (Å²) >= 11 is 2.56. The number of nitro benzene ring substituents is 1. The summed E-state index contributed by atoms with van der Waals surface area (Å²) in [6.45, 7) is 5.85. The number of non-ortho nitro benzene ring substituents is 1. The second kappa shape index (κ2) is 8.66. The number of aliphatic imine (C=N–C) groups is 1. The standard InChI is InChI=1S/C20H15N5O4S2/c1-3-10-24-18(26)17(31-20(24)21-19-23-22-12(2)30-19)11-15-8-9-16(29-15)13-4-6-14(7-5-13)25(27)28/h3-9,11H,1,10H2,2H3/b17-11+,21-20+. The van der Waals surface area contributed by atoms with E-state index in [1.165, 1.54) is 40.1 Å². The first-order chi connectivity index (χ1) is 14.9. The molecule has 0 bridgehead atoms. The molecule has 0 spiro atoms. The fourth-order valence-electron chi connectivity index (χ4n) is 2.76. The Morgan fingerprint density at radius 2 is 2.03 bits per heavy atom. The van der Waals surface area contributed by atoms with Crippen molar-refractivity contribution >= 4 is 51.1 Å². The van der Waals surface area contributed by atoms with E-state index in [4.69, 9.17) is 4.42 Å². The average molecular weight is 454 g/mol. The molecular formula is C20H15N5O4S2. The number of nitro groups is 1. The third-order valence-corrected chi connectivity index (χ3v) is 5.91. The van der Waals surface area contributed by atoms with Gasteiger partial charge in [0.05, 0.1) is 9.83 Å². The zero-order valence-corrected chi connectivity index (χ0v) is 17.9. The fraction of sp³-hybridized carbons (Fsp3) is 0.100. The number of hydrogen-bond acceptors (Lipinski definition) is 9. The van der Waals surface area contributed by atoms with Crippen LogP contribution in [0.25, 0.3) is 17.4 Å². The Kier molecular flexibility index (Phi) is 5.78. The van der Waals surface area contributed by atoms with Crippen molar-refractivity contribution in [3.8, 4) is 11.3 Å². The zero-order chi connectivity index (χ0) is 22.0. The van der Waals surface area contributed by atoms with E-state index in [1.807, 2.05) is 6.92 Å². The number of aromatic nitrogens is 2. The zero-order valence-electron chi connectivity index (χ0n) is 16.2. The molecule has 1 aromatic carbocycles. The van der Waals surface area contributed by atoms with Crippen LogP contribution in [0.15, 0.2) is 63.4 Å². The Morgan fingerprint density at radius 3 is 2.68 bits per heavy atom. The Balaban J connectivity index is 1.59. The van der Waals surface area contributed by atoms with E-state index in [9.17, 15) is 14.9 Å². The Morgan fingerprint density at radius 1 is 1.26 bits per heavy atom. The van der Waals surface area contributed by atoms with Crippen molar-refractivity contribution in [1.82, 2.24) is 15.1 Å². The first-order valence-corrected chi connectivity index (χ1v) is 10.6. The summed E-state index contributed by atoms with van der Waals surface area (Å²) in [5.74, 6) is 0.812.